The molecule has 6 nitrogen and oxygen atoms in total. The summed E-state index contributed by atoms with van der Waals surface area (Å²) in [4.78, 5) is 40.8. The maximum atomic E-state index is 12.8. The zero-order valence-electron chi connectivity index (χ0n) is 18.1. The molecule has 158 valence electrons. The smallest absolute Gasteiger partial charge is 0.227 e. The first-order valence-electron chi connectivity index (χ1n) is 10.7. The molecule has 1 N–H and O–H groups in total. The number of carbonyl (C=O) groups is 3. The molecular formula is C23H33N3O3. The molecule has 2 fully saturated rings. The van der Waals surface area contributed by atoms with Gasteiger partial charge < -0.3 is 15.1 Å². The van der Waals surface area contributed by atoms with E-state index in [1.54, 1.807) is 11.8 Å². The Labute approximate surface area is 173 Å². The minimum Gasteiger partial charge on any atom is -0.339 e. The summed E-state index contributed by atoms with van der Waals surface area (Å²) in [6, 6.07) is 4.17. The van der Waals surface area contributed by atoms with Crippen LogP contribution in [0.15, 0.2) is 12.1 Å². The summed E-state index contributed by atoms with van der Waals surface area (Å²) in [6.45, 7) is 10.2. The Morgan fingerprint density at radius 2 is 1.31 bits per heavy atom. The molecule has 1 aliphatic carbocycles. The summed E-state index contributed by atoms with van der Waals surface area (Å²) in [5.41, 5.74) is 4.29. The number of anilines is 1. The summed E-state index contributed by atoms with van der Waals surface area (Å²) in [5, 5.41) is 3.13. The fourth-order valence-corrected chi connectivity index (χ4v) is 4.70. The van der Waals surface area contributed by atoms with Crippen LogP contribution in [0.2, 0.25) is 0 Å². The van der Waals surface area contributed by atoms with E-state index in [0.29, 0.717) is 26.2 Å². The Kier molecular flexibility index (Phi) is 6.60. The maximum Gasteiger partial charge on any atom is 0.227 e. The minimum absolute atomic E-state index is 0.00535. The van der Waals surface area contributed by atoms with Gasteiger partial charge in [-0.2, -0.15) is 0 Å². The first-order valence-corrected chi connectivity index (χ1v) is 10.7. The van der Waals surface area contributed by atoms with E-state index in [-0.39, 0.29) is 29.6 Å². The van der Waals surface area contributed by atoms with Crippen LogP contribution in [0, 0.1) is 32.6 Å². The zero-order valence-corrected chi connectivity index (χ0v) is 18.1. The molecule has 0 unspecified atom stereocenters. The third kappa shape index (κ3) is 4.98. The summed E-state index contributed by atoms with van der Waals surface area (Å²) < 4.78 is 0. The van der Waals surface area contributed by atoms with E-state index in [9.17, 15) is 14.4 Å². The Balaban J connectivity index is 1.51. The number of nitrogens with zero attached hydrogens (tertiary/aromatic N) is 2. The quantitative estimate of drug-likeness (QED) is 0.849. The molecule has 6 heteroatoms. The lowest BCUT2D eigenvalue weighted by atomic mass is 9.80. The number of hydrogen-bond acceptors (Lipinski definition) is 3. The fourth-order valence-electron chi connectivity index (χ4n) is 4.70. The second kappa shape index (κ2) is 8.97. The average molecular weight is 400 g/mol. The van der Waals surface area contributed by atoms with Gasteiger partial charge in [0, 0.05) is 50.6 Å². The second-order valence-corrected chi connectivity index (χ2v) is 8.64. The topological polar surface area (TPSA) is 69.7 Å². The predicted octanol–water partition coefficient (Wildman–Crippen LogP) is 3.05. The third-order valence-corrected chi connectivity index (χ3v) is 6.41. The molecule has 1 aliphatic heterocycles. The highest BCUT2D eigenvalue weighted by molar-refractivity contribution is 5.94. The van der Waals surface area contributed by atoms with Crippen molar-refractivity contribution in [1.82, 2.24) is 9.80 Å². The van der Waals surface area contributed by atoms with Crippen LogP contribution in [0.25, 0.3) is 0 Å². The van der Waals surface area contributed by atoms with Crippen LogP contribution in [-0.4, -0.2) is 53.7 Å². The van der Waals surface area contributed by atoms with Crippen molar-refractivity contribution in [1.29, 1.82) is 0 Å². The Hall–Kier alpha value is -2.37. The standard InChI is InChI=1S/C23H33N3O3/c1-15-13-16(2)21(17(3)14-15)24-22(28)19-5-7-20(8-6-19)23(29)26-11-9-25(10-12-26)18(4)27/h13-14,19-20H,5-12H2,1-4H3,(H,24,28). The van der Waals surface area contributed by atoms with Gasteiger partial charge in [0.2, 0.25) is 17.7 Å². The van der Waals surface area contributed by atoms with Crippen LogP contribution < -0.4 is 5.32 Å². The molecule has 0 atom stereocenters. The number of rotatable bonds is 3. The molecule has 1 saturated carbocycles. The highest BCUT2D eigenvalue weighted by atomic mass is 16.2. The van der Waals surface area contributed by atoms with Gasteiger partial charge in [-0.05, 0) is 57.6 Å². The number of piperazine rings is 1. The number of hydrogen-bond donors (Lipinski definition) is 1. The van der Waals surface area contributed by atoms with E-state index >= 15 is 0 Å². The van der Waals surface area contributed by atoms with Crippen LogP contribution in [-0.2, 0) is 14.4 Å². The average Bonchev–Trinajstić information content (AvgIpc) is 2.70. The molecule has 1 aromatic carbocycles. The molecule has 3 rings (SSSR count). The molecular weight excluding hydrogens is 366 g/mol. The van der Waals surface area contributed by atoms with Crippen molar-refractivity contribution in [2.45, 2.75) is 53.4 Å². The largest absolute Gasteiger partial charge is 0.339 e. The lowest BCUT2D eigenvalue weighted by Gasteiger charge is -2.37. The summed E-state index contributed by atoms with van der Waals surface area (Å²) in [6.07, 6.45) is 3.02. The van der Waals surface area contributed by atoms with E-state index in [1.165, 1.54) is 5.56 Å². The van der Waals surface area contributed by atoms with E-state index < -0.39 is 0 Å². The number of nitrogens with one attached hydrogen (secondary N) is 1. The van der Waals surface area contributed by atoms with E-state index in [2.05, 4.69) is 24.4 Å². The maximum absolute atomic E-state index is 12.8. The van der Waals surface area contributed by atoms with Crippen LogP contribution in [0.3, 0.4) is 0 Å². The van der Waals surface area contributed by atoms with E-state index in [1.807, 2.05) is 18.7 Å². The van der Waals surface area contributed by atoms with Gasteiger partial charge in [-0.15, -0.1) is 0 Å². The van der Waals surface area contributed by atoms with Gasteiger partial charge in [-0.1, -0.05) is 17.7 Å². The van der Waals surface area contributed by atoms with Gasteiger partial charge >= 0.3 is 0 Å². The Bertz CT molecular complexity index is 766. The molecule has 3 amide bonds. The molecule has 0 aromatic heterocycles. The van der Waals surface area contributed by atoms with Crippen molar-refractivity contribution in [3.8, 4) is 0 Å². The van der Waals surface area contributed by atoms with E-state index in [4.69, 9.17) is 0 Å². The summed E-state index contributed by atoms with van der Waals surface area (Å²) in [5.74, 6) is 0.306. The van der Waals surface area contributed by atoms with Gasteiger partial charge in [-0.3, -0.25) is 14.4 Å². The van der Waals surface area contributed by atoms with Crippen molar-refractivity contribution < 1.29 is 14.4 Å². The van der Waals surface area contributed by atoms with Gasteiger partial charge in [0.15, 0.2) is 0 Å². The summed E-state index contributed by atoms with van der Waals surface area (Å²) >= 11 is 0. The highest BCUT2D eigenvalue weighted by Crippen LogP contribution is 2.32. The molecule has 1 aromatic rings. The monoisotopic (exact) mass is 399 g/mol. The number of benzene rings is 1. The van der Waals surface area contributed by atoms with Gasteiger partial charge in [-0.25, -0.2) is 0 Å². The number of carbonyl (C=O) groups excluding carboxylic acids is 3. The lowest BCUT2D eigenvalue weighted by Crippen LogP contribution is -2.51. The van der Waals surface area contributed by atoms with Gasteiger partial charge in [0.1, 0.15) is 0 Å². The predicted molar refractivity (Wildman–Crippen MR) is 114 cm³/mol. The van der Waals surface area contributed by atoms with Crippen LogP contribution >= 0.6 is 0 Å². The van der Waals surface area contributed by atoms with Gasteiger partial charge in [0.05, 0.1) is 0 Å². The van der Waals surface area contributed by atoms with Crippen LogP contribution in [0.1, 0.15) is 49.3 Å². The number of aryl methyl sites for hydroxylation is 3. The van der Waals surface area contributed by atoms with Crippen LogP contribution in [0.4, 0.5) is 5.69 Å². The zero-order chi connectivity index (χ0) is 21.1. The highest BCUT2D eigenvalue weighted by Gasteiger charge is 2.33. The molecule has 0 bridgehead atoms. The van der Waals surface area contributed by atoms with E-state index in [0.717, 1.165) is 42.5 Å². The molecule has 0 spiro atoms. The SMILES string of the molecule is CC(=O)N1CCN(C(=O)C2CCC(C(=O)Nc3c(C)cc(C)cc3C)CC2)CC1. The van der Waals surface area contributed by atoms with Gasteiger partial charge in [0.25, 0.3) is 0 Å². The second-order valence-electron chi connectivity index (χ2n) is 8.64. The molecule has 1 saturated heterocycles. The lowest BCUT2D eigenvalue weighted by molar-refractivity contribution is -0.142. The van der Waals surface area contributed by atoms with Crippen molar-refractivity contribution >= 4 is 23.4 Å². The molecule has 1 heterocycles. The Morgan fingerprint density at radius 3 is 1.83 bits per heavy atom. The number of amides is 3. The Morgan fingerprint density at radius 1 is 0.828 bits per heavy atom. The first kappa shape index (κ1) is 21.3. The minimum atomic E-state index is -0.0336. The summed E-state index contributed by atoms with van der Waals surface area (Å²) in [7, 11) is 0. The van der Waals surface area contributed by atoms with Crippen LogP contribution in [0.5, 0.6) is 0 Å². The van der Waals surface area contributed by atoms with Crippen molar-refractivity contribution in [2.24, 2.45) is 11.8 Å². The third-order valence-electron chi connectivity index (χ3n) is 6.41. The fraction of sp³-hybridized carbons (Fsp3) is 0.609. The van der Waals surface area contributed by atoms with Crippen molar-refractivity contribution in [3.63, 3.8) is 0 Å². The first-order chi connectivity index (χ1) is 13.8. The molecule has 2 aliphatic rings. The molecule has 29 heavy (non-hydrogen) atoms. The van der Waals surface area contributed by atoms with Crippen molar-refractivity contribution in [3.05, 3.63) is 28.8 Å². The van der Waals surface area contributed by atoms with Crippen molar-refractivity contribution in [2.75, 3.05) is 31.5 Å². The molecule has 0 radical (unpaired) electrons. The normalized spacial score (nSPS) is 22.3.